The standard InChI is InChI=1S/C25H28F2N2O4/c1-5-17(25(32)33-6-2)15-7-9-16(10-8-15)19(13-30)28-24(31)21-12-18-20(29(21)4)11-14(3)22(26)23(18)27/h7-12,17,19,30H,5-6,13H2,1-4H3,(H,28,31)/t17?,19-/m1/s1. The zero-order chi connectivity index (χ0) is 24.3. The molecule has 6 nitrogen and oxygen atoms in total. The molecule has 1 amide bonds. The van der Waals surface area contributed by atoms with Crippen molar-refractivity contribution >= 4 is 22.8 Å². The highest BCUT2D eigenvalue weighted by Crippen LogP contribution is 2.27. The van der Waals surface area contributed by atoms with Crippen molar-refractivity contribution in [2.75, 3.05) is 13.2 Å². The SMILES string of the molecule is CCOC(=O)C(CC)c1ccc([C@@H](CO)NC(=O)c2cc3c(F)c(F)c(C)cc3n2C)cc1. The summed E-state index contributed by atoms with van der Waals surface area (Å²) in [6.07, 6.45) is 0.579. The van der Waals surface area contributed by atoms with E-state index in [0.29, 0.717) is 24.1 Å². The summed E-state index contributed by atoms with van der Waals surface area (Å²) in [5.74, 6) is -3.17. The predicted octanol–water partition coefficient (Wildman–Crippen LogP) is 4.29. The monoisotopic (exact) mass is 458 g/mol. The molecule has 8 heteroatoms. The van der Waals surface area contributed by atoms with Crippen LogP contribution in [0.3, 0.4) is 0 Å². The number of nitrogens with one attached hydrogen (secondary N) is 1. The van der Waals surface area contributed by atoms with Crippen LogP contribution >= 0.6 is 0 Å². The highest BCUT2D eigenvalue weighted by Gasteiger charge is 2.23. The van der Waals surface area contributed by atoms with Crippen LogP contribution < -0.4 is 5.32 Å². The Hall–Kier alpha value is -3.26. The summed E-state index contributed by atoms with van der Waals surface area (Å²) < 4.78 is 34.9. The van der Waals surface area contributed by atoms with Crippen LogP contribution in [0.25, 0.3) is 10.9 Å². The lowest BCUT2D eigenvalue weighted by atomic mass is 9.94. The number of benzene rings is 2. The molecule has 0 aliphatic heterocycles. The van der Waals surface area contributed by atoms with Gasteiger partial charge >= 0.3 is 5.97 Å². The van der Waals surface area contributed by atoms with E-state index in [9.17, 15) is 23.5 Å². The van der Waals surface area contributed by atoms with E-state index in [0.717, 1.165) is 5.56 Å². The average Bonchev–Trinajstić information content (AvgIpc) is 3.13. The average molecular weight is 459 g/mol. The lowest BCUT2D eigenvalue weighted by molar-refractivity contribution is -0.145. The molecule has 2 aromatic carbocycles. The lowest BCUT2D eigenvalue weighted by Crippen LogP contribution is -2.32. The Labute approximate surface area is 191 Å². The predicted molar refractivity (Wildman–Crippen MR) is 121 cm³/mol. The minimum absolute atomic E-state index is 0.0141. The van der Waals surface area contributed by atoms with Crippen LogP contribution in [0.4, 0.5) is 8.78 Å². The van der Waals surface area contributed by atoms with Crippen LogP contribution in [0.5, 0.6) is 0 Å². The number of halogens is 2. The van der Waals surface area contributed by atoms with Gasteiger partial charge in [-0.05, 0) is 49.1 Å². The van der Waals surface area contributed by atoms with Gasteiger partial charge in [0.2, 0.25) is 0 Å². The zero-order valence-corrected chi connectivity index (χ0v) is 19.1. The Morgan fingerprint density at radius 1 is 1.09 bits per heavy atom. The molecule has 0 saturated carbocycles. The Morgan fingerprint density at radius 3 is 2.30 bits per heavy atom. The molecule has 1 heterocycles. The van der Waals surface area contributed by atoms with Crippen LogP contribution in [0, 0.1) is 18.6 Å². The van der Waals surface area contributed by atoms with Crippen LogP contribution in [0.2, 0.25) is 0 Å². The second kappa shape index (κ2) is 10.1. The number of aryl methyl sites for hydroxylation is 2. The van der Waals surface area contributed by atoms with Crippen molar-refractivity contribution in [2.24, 2.45) is 7.05 Å². The minimum atomic E-state index is -0.999. The van der Waals surface area contributed by atoms with E-state index < -0.39 is 29.5 Å². The number of esters is 1. The summed E-state index contributed by atoms with van der Waals surface area (Å²) in [7, 11) is 1.59. The molecule has 0 aliphatic carbocycles. The fourth-order valence-electron chi connectivity index (χ4n) is 3.95. The number of nitrogens with zero attached hydrogens (tertiary/aromatic N) is 1. The maximum absolute atomic E-state index is 14.4. The molecule has 0 radical (unpaired) electrons. The fraction of sp³-hybridized carbons (Fsp3) is 0.360. The topological polar surface area (TPSA) is 80.6 Å². The Bertz CT molecular complexity index is 1170. The Kier molecular flexibility index (Phi) is 7.48. The van der Waals surface area contributed by atoms with E-state index in [1.165, 1.54) is 23.6 Å². The molecule has 2 N–H and O–H groups in total. The molecule has 0 spiro atoms. The third-order valence-electron chi connectivity index (χ3n) is 5.85. The van der Waals surface area contributed by atoms with Crippen molar-refractivity contribution in [3.8, 4) is 0 Å². The number of aromatic nitrogens is 1. The smallest absolute Gasteiger partial charge is 0.313 e. The Morgan fingerprint density at radius 2 is 1.73 bits per heavy atom. The second-order valence-corrected chi connectivity index (χ2v) is 7.93. The summed E-state index contributed by atoms with van der Waals surface area (Å²) in [4.78, 5) is 25.1. The van der Waals surface area contributed by atoms with Crippen LogP contribution in [-0.2, 0) is 16.6 Å². The van der Waals surface area contributed by atoms with Gasteiger partial charge in [-0.1, -0.05) is 31.2 Å². The summed E-state index contributed by atoms with van der Waals surface area (Å²) in [6.45, 7) is 5.04. The van der Waals surface area contributed by atoms with E-state index in [1.807, 2.05) is 6.92 Å². The third-order valence-corrected chi connectivity index (χ3v) is 5.85. The molecule has 0 fully saturated rings. The van der Waals surface area contributed by atoms with Crippen LogP contribution in [0.15, 0.2) is 36.4 Å². The molecule has 33 heavy (non-hydrogen) atoms. The van der Waals surface area contributed by atoms with Gasteiger partial charge in [-0.25, -0.2) is 8.78 Å². The van der Waals surface area contributed by atoms with Crippen molar-refractivity contribution in [3.05, 3.63) is 70.4 Å². The fourth-order valence-corrected chi connectivity index (χ4v) is 3.95. The first-order chi connectivity index (χ1) is 15.7. The van der Waals surface area contributed by atoms with E-state index in [4.69, 9.17) is 4.74 Å². The normalized spacial score (nSPS) is 13.1. The van der Waals surface area contributed by atoms with Gasteiger partial charge in [0.05, 0.1) is 30.7 Å². The first-order valence-corrected chi connectivity index (χ1v) is 10.9. The number of hydrogen-bond donors (Lipinski definition) is 2. The molecular weight excluding hydrogens is 430 g/mol. The molecule has 3 aromatic rings. The maximum Gasteiger partial charge on any atom is 0.313 e. The van der Waals surface area contributed by atoms with E-state index >= 15 is 0 Å². The van der Waals surface area contributed by atoms with Crippen molar-refractivity contribution in [1.29, 1.82) is 0 Å². The molecule has 0 aliphatic rings. The van der Waals surface area contributed by atoms with E-state index in [-0.39, 0.29) is 29.2 Å². The number of aliphatic hydroxyl groups is 1. The first kappa shape index (κ1) is 24.4. The molecule has 0 bridgehead atoms. The Balaban J connectivity index is 1.84. The molecular formula is C25H28F2N2O4. The van der Waals surface area contributed by atoms with Gasteiger partial charge < -0.3 is 19.7 Å². The molecule has 1 unspecified atom stereocenters. The van der Waals surface area contributed by atoms with Gasteiger partial charge in [0, 0.05) is 12.4 Å². The number of hydrogen-bond acceptors (Lipinski definition) is 4. The van der Waals surface area contributed by atoms with Crippen molar-refractivity contribution in [1.82, 2.24) is 9.88 Å². The first-order valence-electron chi connectivity index (χ1n) is 10.9. The third kappa shape index (κ3) is 4.75. The van der Waals surface area contributed by atoms with Gasteiger partial charge in [0.15, 0.2) is 11.6 Å². The van der Waals surface area contributed by atoms with Gasteiger partial charge in [-0.15, -0.1) is 0 Å². The molecule has 3 rings (SSSR count). The molecule has 2 atom stereocenters. The number of carbonyl (C=O) groups excluding carboxylic acids is 2. The number of aliphatic hydroxyl groups excluding tert-OH is 1. The maximum atomic E-state index is 14.4. The number of fused-ring (bicyclic) bond motifs is 1. The zero-order valence-electron chi connectivity index (χ0n) is 19.1. The summed E-state index contributed by atoms with van der Waals surface area (Å²) in [5.41, 5.74) is 2.10. The van der Waals surface area contributed by atoms with Crippen molar-refractivity contribution in [3.63, 3.8) is 0 Å². The second-order valence-electron chi connectivity index (χ2n) is 7.93. The number of rotatable bonds is 8. The highest BCUT2D eigenvalue weighted by molar-refractivity contribution is 5.99. The van der Waals surface area contributed by atoms with Crippen molar-refractivity contribution < 1.29 is 28.2 Å². The largest absolute Gasteiger partial charge is 0.466 e. The lowest BCUT2D eigenvalue weighted by Gasteiger charge is -2.19. The van der Waals surface area contributed by atoms with Gasteiger partial charge in [0.1, 0.15) is 5.69 Å². The molecule has 0 saturated heterocycles. The summed E-state index contributed by atoms with van der Waals surface area (Å²) >= 11 is 0. The van der Waals surface area contributed by atoms with Crippen LogP contribution in [0.1, 0.15) is 59.4 Å². The highest BCUT2D eigenvalue weighted by atomic mass is 19.2. The number of amides is 1. The quantitative estimate of drug-likeness (QED) is 0.494. The summed E-state index contributed by atoms with van der Waals surface area (Å²) in [5, 5.41) is 12.6. The van der Waals surface area contributed by atoms with Gasteiger partial charge in [0.25, 0.3) is 5.91 Å². The van der Waals surface area contributed by atoms with Gasteiger partial charge in [-0.2, -0.15) is 0 Å². The van der Waals surface area contributed by atoms with E-state index in [1.54, 1.807) is 38.2 Å². The minimum Gasteiger partial charge on any atom is -0.466 e. The number of carbonyl (C=O) groups is 2. The number of ether oxygens (including phenoxy) is 1. The van der Waals surface area contributed by atoms with E-state index in [2.05, 4.69) is 5.32 Å². The van der Waals surface area contributed by atoms with Crippen molar-refractivity contribution in [2.45, 2.75) is 39.2 Å². The molecule has 1 aromatic heterocycles. The summed E-state index contributed by atoms with van der Waals surface area (Å²) in [6, 6.07) is 9.07. The van der Waals surface area contributed by atoms with Crippen LogP contribution in [-0.4, -0.2) is 34.8 Å². The van der Waals surface area contributed by atoms with Gasteiger partial charge in [-0.3, -0.25) is 9.59 Å². The molecule has 176 valence electrons.